The number of hydrogen-bond donors (Lipinski definition) is 0. The van der Waals surface area contributed by atoms with E-state index in [0.29, 0.717) is 19.3 Å². The maximum Gasteiger partial charge on any atom is 0.306 e. The molecule has 0 amide bonds. The second kappa shape index (κ2) is 64.7. The quantitative estimate of drug-likeness (QED) is 0.0261. The van der Waals surface area contributed by atoms with Crippen molar-refractivity contribution in [3.8, 4) is 0 Å². The summed E-state index contributed by atoms with van der Waals surface area (Å²) in [4.78, 5) is 38.4. The summed E-state index contributed by atoms with van der Waals surface area (Å²) < 4.78 is 17.0. The predicted molar refractivity (Wildman–Crippen MR) is 326 cm³/mol. The normalized spacial score (nSPS) is 12.0. The van der Waals surface area contributed by atoms with Gasteiger partial charge in [0.05, 0.1) is 0 Å². The van der Waals surface area contributed by atoms with Gasteiger partial charge in [0.2, 0.25) is 0 Å². The van der Waals surface area contributed by atoms with Gasteiger partial charge >= 0.3 is 17.9 Å². The van der Waals surface area contributed by atoms with Gasteiger partial charge in [0.25, 0.3) is 0 Å². The van der Waals surface area contributed by atoms with Crippen LogP contribution in [0.25, 0.3) is 0 Å². The summed E-state index contributed by atoms with van der Waals surface area (Å²) in [7, 11) is 0. The van der Waals surface area contributed by atoms with Gasteiger partial charge in [-0.1, -0.05) is 341 Å². The minimum Gasteiger partial charge on any atom is -0.462 e. The summed E-state index contributed by atoms with van der Waals surface area (Å²) in [5, 5.41) is 0. The molecule has 0 bridgehead atoms. The topological polar surface area (TPSA) is 78.9 Å². The van der Waals surface area contributed by atoms with Crippen LogP contribution in [-0.2, 0) is 28.6 Å². The third kappa shape index (κ3) is 62.9. The average Bonchev–Trinajstić information content (AvgIpc) is 3.41. The number of hydrogen-bond acceptors (Lipinski definition) is 6. The highest BCUT2D eigenvalue weighted by molar-refractivity contribution is 5.71. The van der Waals surface area contributed by atoms with Crippen molar-refractivity contribution in [1.82, 2.24) is 0 Å². The number of carbonyl (C=O) groups is 3. The Kier molecular flexibility index (Phi) is 63.1. The second-order valence-corrected chi connectivity index (χ2v) is 23.5. The predicted octanol–water partition coefficient (Wildman–Crippen LogP) is 23.2. The summed E-state index contributed by atoms with van der Waals surface area (Å²) in [6.07, 6.45) is 76.6. The maximum absolute atomic E-state index is 12.9. The van der Waals surface area contributed by atoms with Gasteiger partial charge in [0.15, 0.2) is 6.10 Å². The molecule has 0 heterocycles. The average molecular weight is 1060 g/mol. The molecule has 0 N–H and O–H groups in total. The number of allylic oxidation sites excluding steroid dienone is 2. The zero-order valence-corrected chi connectivity index (χ0v) is 51.1. The van der Waals surface area contributed by atoms with Gasteiger partial charge in [0, 0.05) is 19.3 Å². The van der Waals surface area contributed by atoms with Crippen LogP contribution in [0.15, 0.2) is 12.2 Å². The zero-order valence-electron chi connectivity index (χ0n) is 51.1. The summed E-state index contributed by atoms with van der Waals surface area (Å²) in [6, 6.07) is 0. The molecule has 0 saturated carbocycles. The highest BCUT2D eigenvalue weighted by Gasteiger charge is 2.19. The fourth-order valence-electron chi connectivity index (χ4n) is 10.6. The second-order valence-electron chi connectivity index (χ2n) is 23.5. The molecule has 444 valence electrons. The minimum absolute atomic E-state index is 0.0626. The first-order valence-corrected chi connectivity index (χ1v) is 34.2. The molecule has 1 atom stereocenters. The number of esters is 3. The monoisotopic (exact) mass is 1060 g/mol. The molecule has 0 spiro atoms. The summed E-state index contributed by atoms with van der Waals surface area (Å²) in [5.41, 5.74) is 0. The Morgan fingerprint density at radius 3 is 0.667 bits per heavy atom. The molecule has 0 aromatic rings. The maximum atomic E-state index is 12.9. The van der Waals surface area contributed by atoms with Crippen LogP contribution in [-0.4, -0.2) is 37.2 Å². The molecule has 6 nitrogen and oxygen atoms in total. The van der Waals surface area contributed by atoms with Crippen molar-refractivity contribution in [3.05, 3.63) is 12.2 Å². The van der Waals surface area contributed by atoms with Crippen LogP contribution in [0.3, 0.4) is 0 Å². The van der Waals surface area contributed by atoms with Gasteiger partial charge in [-0.25, -0.2) is 0 Å². The fourth-order valence-corrected chi connectivity index (χ4v) is 10.6. The summed E-state index contributed by atoms with van der Waals surface area (Å²) in [6.45, 7) is 6.73. The van der Waals surface area contributed by atoms with Crippen molar-refractivity contribution in [1.29, 1.82) is 0 Å². The van der Waals surface area contributed by atoms with Crippen LogP contribution in [0.2, 0.25) is 0 Å². The smallest absolute Gasteiger partial charge is 0.306 e. The Balaban J connectivity index is 4.22. The molecule has 0 rings (SSSR count). The molecule has 1 unspecified atom stereocenters. The molecule has 0 aliphatic rings. The molecule has 0 aliphatic heterocycles. The van der Waals surface area contributed by atoms with Crippen LogP contribution in [0, 0.1) is 0 Å². The lowest BCUT2D eigenvalue weighted by atomic mass is 10.0. The molecular weight excluding hydrogens is 925 g/mol. The standard InChI is InChI=1S/C69H132O6/c1-4-7-10-13-16-19-22-25-28-30-32-33-34-35-36-37-38-40-41-44-47-50-53-56-59-62-68(71)74-65-66(64-73-67(70)61-58-55-52-49-46-43-27-24-21-18-15-12-9-6-3)75-69(72)63-60-57-54-51-48-45-42-39-31-29-26-23-20-17-14-11-8-5-2/h30,32,66H,4-29,31,33-65H2,1-3H3/b32-30-. The van der Waals surface area contributed by atoms with E-state index in [1.54, 1.807) is 0 Å². The Morgan fingerprint density at radius 1 is 0.253 bits per heavy atom. The van der Waals surface area contributed by atoms with Gasteiger partial charge in [-0.3, -0.25) is 14.4 Å². The van der Waals surface area contributed by atoms with Gasteiger partial charge in [0.1, 0.15) is 13.2 Å². The SMILES string of the molecule is CCCCCCCCCC/C=C\CCCCCCCCCCCCCCCC(=O)OCC(COC(=O)CCCCCCCCCCCCCCCC)OC(=O)CCCCCCCCCCCCCCCCCCCC. The Hall–Kier alpha value is -1.85. The van der Waals surface area contributed by atoms with Crippen LogP contribution in [0.5, 0.6) is 0 Å². The van der Waals surface area contributed by atoms with Crippen LogP contribution >= 0.6 is 0 Å². The molecule has 0 radical (unpaired) electrons. The highest BCUT2D eigenvalue weighted by atomic mass is 16.6. The third-order valence-electron chi connectivity index (χ3n) is 15.8. The van der Waals surface area contributed by atoms with E-state index in [-0.39, 0.29) is 31.1 Å². The van der Waals surface area contributed by atoms with Crippen molar-refractivity contribution >= 4 is 17.9 Å². The Morgan fingerprint density at radius 2 is 0.440 bits per heavy atom. The Labute approximate surface area is 469 Å². The minimum atomic E-state index is -0.765. The van der Waals surface area contributed by atoms with E-state index in [2.05, 4.69) is 32.9 Å². The molecule has 0 aromatic carbocycles. The van der Waals surface area contributed by atoms with E-state index in [1.165, 1.54) is 295 Å². The first-order valence-electron chi connectivity index (χ1n) is 34.2. The third-order valence-corrected chi connectivity index (χ3v) is 15.8. The van der Waals surface area contributed by atoms with Gasteiger partial charge < -0.3 is 14.2 Å². The number of carbonyl (C=O) groups excluding carboxylic acids is 3. The Bertz CT molecular complexity index is 1170. The lowest BCUT2D eigenvalue weighted by Crippen LogP contribution is -2.30. The molecule has 0 saturated heterocycles. The number of unbranched alkanes of at least 4 members (excludes halogenated alkanes) is 51. The molecule has 0 aromatic heterocycles. The van der Waals surface area contributed by atoms with Crippen LogP contribution in [0.1, 0.15) is 393 Å². The van der Waals surface area contributed by atoms with Crippen molar-refractivity contribution in [2.75, 3.05) is 13.2 Å². The molecule has 0 aliphatic carbocycles. The van der Waals surface area contributed by atoms with Gasteiger partial charge in [-0.15, -0.1) is 0 Å². The molecule has 0 fully saturated rings. The molecule has 6 heteroatoms. The van der Waals surface area contributed by atoms with E-state index in [4.69, 9.17) is 14.2 Å². The molecule has 75 heavy (non-hydrogen) atoms. The summed E-state index contributed by atoms with van der Waals surface area (Å²) in [5.74, 6) is -0.828. The lowest BCUT2D eigenvalue weighted by molar-refractivity contribution is -0.167. The van der Waals surface area contributed by atoms with Crippen LogP contribution < -0.4 is 0 Å². The van der Waals surface area contributed by atoms with Crippen LogP contribution in [0.4, 0.5) is 0 Å². The largest absolute Gasteiger partial charge is 0.462 e. The summed E-state index contributed by atoms with van der Waals surface area (Å²) >= 11 is 0. The fraction of sp³-hybridized carbons (Fsp3) is 0.928. The van der Waals surface area contributed by atoms with E-state index < -0.39 is 6.10 Å². The zero-order chi connectivity index (χ0) is 54.3. The van der Waals surface area contributed by atoms with Gasteiger partial charge in [-0.2, -0.15) is 0 Å². The van der Waals surface area contributed by atoms with Gasteiger partial charge in [-0.05, 0) is 44.9 Å². The first kappa shape index (κ1) is 73.2. The van der Waals surface area contributed by atoms with E-state index >= 15 is 0 Å². The number of rotatable bonds is 64. The number of ether oxygens (including phenoxy) is 3. The first-order chi connectivity index (χ1) is 37.0. The van der Waals surface area contributed by atoms with Crippen molar-refractivity contribution in [3.63, 3.8) is 0 Å². The van der Waals surface area contributed by atoms with E-state index in [0.717, 1.165) is 57.8 Å². The van der Waals surface area contributed by atoms with E-state index in [9.17, 15) is 14.4 Å². The van der Waals surface area contributed by atoms with Crippen molar-refractivity contribution in [2.45, 2.75) is 399 Å². The highest BCUT2D eigenvalue weighted by Crippen LogP contribution is 2.19. The molecular formula is C69H132O6. The van der Waals surface area contributed by atoms with Crippen molar-refractivity contribution in [2.24, 2.45) is 0 Å². The van der Waals surface area contributed by atoms with E-state index in [1.807, 2.05) is 0 Å². The lowest BCUT2D eigenvalue weighted by Gasteiger charge is -2.18. The van der Waals surface area contributed by atoms with Crippen molar-refractivity contribution < 1.29 is 28.6 Å².